The molecule has 170 valence electrons. The van der Waals surface area contributed by atoms with Crippen LogP contribution in [0.1, 0.15) is 60.8 Å². The molecule has 0 bridgehead atoms. The van der Waals surface area contributed by atoms with Gasteiger partial charge in [0.1, 0.15) is 0 Å². The van der Waals surface area contributed by atoms with E-state index in [1.165, 1.54) is 0 Å². The van der Waals surface area contributed by atoms with Gasteiger partial charge in [-0.3, -0.25) is 0 Å². The van der Waals surface area contributed by atoms with Gasteiger partial charge in [-0.05, 0) is 0 Å². The average molecular weight is 512 g/mol. The van der Waals surface area contributed by atoms with E-state index in [9.17, 15) is 0 Å². The molecule has 0 radical (unpaired) electrons. The van der Waals surface area contributed by atoms with Gasteiger partial charge in [-0.25, -0.2) is 0 Å². The van der Waals surface area contributed by atoms with Crippen LogP contribution in [-0.4, -0.2) is 115 Å². The predicted molar refractivity (Wildman–Crippen MR) is 121 cm³/mol. The van der Waals surface area contributed by atoms with E-state index in [0.717, 1.165) is 38.9 Å². The normalized spacial score (nSPS) is 19.3. The summed E-state index contributed by atoms with van der Waals surface area (Å²) in [6.07, 6.45) is 2.77. The summed E-state index contributed by atoms with van der Waals surface area (Å²) in [6.45, 7) is 15.6. The van der Waals surface area contributed by atoms with Crippen molar-refractivity contribution in [1.29, 1.82) is 0 Å². The number of hydrogen-bond donors (Lipinski definition) is 0. The molecule has 0 fully saturated rings. The first-order valence-electron chi connectivity index (χ1n) is 10.5. The van der Waals surface area contributed by atoms with Gasteiger partial charge in [0, 0.05) is 0 Å². The Hall–Kier alpha value is 0.578. The molecule has 3 unspecified atom stereocenters. The van der Waals surface area contributed by atoms with Crippen LogP contribution < -0.4 is 0 Å². The second-order valence-corrected chi connectivity index (χ2v) is 12.5. The van der Waals surface area contributed by atoms with Gasteiger partial charge < -0.3 is 0 Å². The quantitative estimate of drug-likeness (QED) is 0.314. The fourth-order valence-corrected chi connectivity index (χ4v) is 8.22. The van der Waals surface area contributed by atoms with Crippen molar-refractivity contribution in [2.75, 3.05) is 61.9 Å². The molecule has 0 aromatic rings. The van der Waals surface area contributed by atoms with Crippen molar-refractivity contribution in [1.82, 2.24) is 14.7 Å². The molecule has 7 heteroatoms. The summed E-state index contributed by atoms with van der Waals surface area (Å²) >= 11 is -2.96. The summed E-state index contributed by atoms with van der Waals surface area (Å²) in [5, 5.41) is 0. The zero-order chi connectivity index (χ0) is 22.2. The van der Waals surface area contributed by atoms with Crippen LogP contribution in [0.25, 0.3) is 0 Å². The molecule has 0 aromatic carbocycles. The van der Waals surface area contributed by atoms with E-state index >= 15 is 0 Å². The zero-order valence-electron chi connectivity index (χ0n) is 20.8. The molecule has 0 N–H and O–H groups in total. The third-order valence-corrected chi connectivity index (χ3v) is 10.1. The molecule has 0 aliphatic heterocycles. The maximum absolute atomic E-state index is 6.72. The Labute approximate surface area is 184 Å². The molecule has 0 aliphatic rings. The van der Waals surface area contributed by atoms with Crippen LogP contribution in [0.4, 0.5) is 0 Å². The summed E-state index contributed by atoms with van der Waals surface area (Å²) < 4.78 is 20.1. The van der Waals surface area contributed by atoms with Crippen molar-refractivity contribution >= 4 is 21.5 Å². The second-order valence-electron chi connectivity index (χ2n) is 9.62. The summed E-state index contributed by atoms with van der Waals surface area (Å²) in [7, 11) is 12.5. The van der Waals surface area contributed by atoms with Gasteiger partial charge in [0.15, 0.2) is 0 Å². The van der Waals surface area contributed by atoms with E-state index in [2.05, 4.69) is 98.5 Å². The molecule has 0 amide bonds. The Bertz CT molecular complexity index is 377. The van der Waals surface area contributed by atoms with Crippen LogP contribution >= 0.6 is 0 Å². The Morgan fingerprint density at radius 2 is 0.750 bits per heavy atom. The van der Waals surface area contributed by atoms with Crippen molar-refractivity contribution in [3.8, 4) is 0 Å². The van der Waals surface area contributed by atoms with Crippen molar-refractivity contribution in [2.45, 2.75) is 77.6 Å². The van der Waals surface area contributed by atoms with Gasteiger partial charge in [0.2, 0.25) is 0 Å². The predicted octanol–water partition coefficient (Wildman–Crippen LogP) is 3.21. The van der Waals surface area contributed by atoms with Crippen LogP contribution in [0.3, 0.4) is 0 Å². The van der Waals surface area contributed by atoms with E-state index in [0.29, 0.717) is 0 Å². The molecule has 0 saturated heterocycles. The molecule has 3 atom stereocenters. The van der Waals surface area contributed by atoms with Crippen LogP contribution in [0.5, 0.6) is 0 Å². The summed E-state index contributed by atoms with van der Waals surface area (Å²) in [6, 6.07) is 0. The van der Waals surface area contributed by atoms with Gasteiger partial charge in [-0.15, -0.1) is 0 Å². The average Bonchev–Trinajstić information content (AvgIpc) is 2.52. The number of nitrogens with zero attached hydrogens (tertiary/aromatic N) is 3. The van der Waals surface area contributed by atoms with E-state index in [1.54, 1.807) is 0 Å². The molecule has 0 heterocycles. The molecule has 0 rings (SSSR count). The third-order valence-electron chi connectivity index (χ3n) is 5.08. The zero-order valence-corrected chi connectivity index (χ0v) is 23.3. The monoisotopic (exact) mass is 511 g/mol. The second kappa shape index (κ2) is 12.4. The fourth-order valence-electron chi connectivity index (χ4n) is 3.22. The van der Waals surface area contributed by atoms with E-state index in [-0.39, 0.29) is 16.8 Å². The number of rotatable bonds is 15. The minimum atomic E-state index is -2.96. The van der Waals surface area contributed by atoms with Gasteiger partial charge in [0.25, 0.3) is 0 Å². The standard InChI is InChI=1S/3C7H16NO.Sb/c3*1-5-7(2,9)6-8(3)4;/h3*5-6H2,1-4H3;/q3*-1;+3. The van der Waals surface area contributed by atoms with Crippen molar-refractivity contribution in [3.05, 3.63) is 0 Å². The Morgan fingerprint density at radius 1 is 0.536 bits per heavy atom. The third kappa shape index (κ3) is 11.1. The number of likely N-dealkylation sites (N-methyl/N-ethyl adjacent to an activating group) is 3. The molecule has 6 nitrogen and oxygen atoms in total. The minimum absolute atomic E-state index is 0.272. The molecule has 28 heavy (non-hydrogen) atoms. The van der Waals surface area contributed by atoms with Crippen molar-refractivity contribution in [3.63, 3.8) is 0 Å². The van der Waals surface area contributed by atoms with E-state index in [4.69, 9.17) is 9.05 Å². The van der Waals surface area contributed by atoms with Crippen LogP contribution in [0, 0.1) is 0 Å². The van der Waals surface area contributed by atoms with E-state index < -0.39 is 21.5 Å². The number of hydrogen-bond acceptors (Lipinski definition) is 6. The van der Waals surface area contributed by atoms with Gasteiger partial charge in [0.05, 0.1) is 0 Å². The van der Waals surface area contributed by atoms with Crippen molar-refractivity contribution < 1.29 is 9.05 Å². The van der Waals surface area contributed by atoms with Gasteiger partial charge >= 0.3 is 185 Å². The molecule has 0 saturated carbocycles. The molecular formula is C21H48N3O3Sb. The van der Waals surface area contributed by atoms with E-state index in [1.807, 2.05) is 0 Å². The summed E-state index contributed by atoms with van der Waals surface area (Å²) in [5.41, 5.74) is -0.816. The SMILES string of the molecule is CCC(C)(CN(C)C)[O][Sb]([O]C(C)(CC)CN(C)C)[O]C(C)(CC)CN(C)C. The van der Waals surface area contributed by atoms with Crippen molar-refractivity contribution in [2.24, 2.45) is 0 Å². The molecule has 0 aliphatic carbocycles. The summed E-state index contributed by atoms with van der Waals surface area (Å²) in [5.74, 6) is 0. The Balaban J connectivity index is 5.68. The van der Waals surface area contributed by atoms with Crippen LogP contribution in [-0.2, 0) is 9.05 Å². The molecule has 0 spiro atoms. The first kappa shape index (κ1) is 28.6. The topological polar surface area (TPSA) is 37.4 Å². The Morgan fingerprint density at radius 3 is 0.893 bits per heavy atom. The maximum atomic E-state index is 6.72. The molecule has 0 aromatic heterocycles. The van der Waals surface area contributed by atoms with Crippen LogP contribution in [0.2, 0.25) is 0 Å². The first-order chi connectivity index (χ1) is 12.7. The van der Waals surface area contributed by atoms with Crippen LogP contribution in [0.15, 0.2) is 0 Å². The fraction of sp³-hybridized carbons (Fsp3) is 1.00. The Kier molecular flexibility index (Phi) is 12.7. The van der Waals surface area contributed by atoms with Gasteiger partial charge in [-0.1, -0.05) is 0 Å². The molecular weight excluding hydrogens is 464 g/mol. The van der Waals surface area contributed by atoms with Gasteiger partial charge in [-0.2, -0.15) is 0 Å². The first-order valence-corrected chi connectivity index (χ1v) is 13.7. The summed E-state index contributed by atoms with van der Waals surface area (Å²) in [4.78, 5) is 6.54.